The molecule has 0 aromatic carbocycles. The maximum Gasteiger partial charge on any atom is 0.162 e. The number of likely N-dealkylation sites (N-methyl/N-ethyl adjacent to an activating group) is 1. The van der Waals surface area contributed by atoms with Gasteiger partial charge in [0.2, 0.25) is 0 Å². The Morgan fingerprint density at radius 2 is 2.24 bits per heavy atom. The maximum absolute atomic E-state index is 9.56. The first kappa shape index (κ1) is 14.1. The number of rotatable bonds is 8. The maximum atomic E-state index is 9.56. The molecule has 1 aromatic rings. The van der Waals surface area contributed by atoms with Crippen LogP contribution in [0.15, 0.2) is 10.6 Å². The molecule has 1 aromatic heterocycles. The van der Waals surface area contributed by atoms with Gasteiger partial charge in [0.25, 0.3) is 0 Å². The molecular formula is C11H20N2O4. The summed E-state index contributed by atoms with van der Waals surface area (Å²) >= 11 is 0. The third kappa shape index (κ3) is 5.27. The number of aliphatic hydroxyl groups excluding tert-OH is 1. The van der Waals surface area contributed by atoms with Crippen LogP contribution in [0.2, 0.25) is 0 Å². The predicted octanol–water partition coefficient (Wildman–Crippen LogP) is 0.260. The minimum absolute atomic E-state index is 0.331. The molecule has 1 unspecified atom stereocenters. The van der Waals surface area contributed by atoms with Crippen molar-refractivity contribution in [2.75, 3.05) is 34.4 Å². The Morgan fingerprint density at radius 1 is 1.47 bits per heavy atom. The Morgan fingerprint density at radius 3 is 2.88 bits per heavy atom. The van der Waals surface area contributed by atoms with Crippen LogP contribution in [0.1, 0.15) is 11.5 Å². The molecule has 0 fully saturated rings. The van der Waals surface area contributed by atoms with E-state index in [2.05, 4.69) is 5.16 Å². The van der Waals surface area contributed by atoms with E-state index >= 15 is 0 Å². The third-order valence-electron chi connectivity index (χ3n) is 2.21. The number of nitrogens with zero attached hydrogens (tertiary/aromatic N) is 2. The van der Waals surface area contributed by atoms with Gasteiger partial charge < -0.3 is 19.1 Å². The highest BCUT2D eigenvalue weighted by Crippen LogP contribution is 2.07. The fraction of sp³-hybridized carbons (Fsp3) is 0.727. The van der Waals surface area contributed by atoms with Crippen molar-refractivity contribution in [2.45, 2.75) is 19.3 Å². The highest BCUT2D eigenvalue weighted by Gasteiger charge is 2.11. The first-order valence-electron chi connectivity index (χ1n) is 5.44. The molecule has 98 valence electrons. The molecule has 0 saturated heterocycles. The Balaban J connectivity index is 2.36. The van der Waals surface area contributed by atoms with Crippen LogP contribution in [0.25, 0.3) is 0 Å². The van der Waals surface area contributed by atoms with Gasteiger partial charge in [0.15, 0.2) is 5.76 Å². The van der Waals surface area contributed by atoms with E-state index in [-0.39, 0.29) is 0 Å². The molecule has 6 nitrogen and oxygen atoms in total. The summed E-state index contributed by atoms with van der Waals surface area (Å²) in [5.74, 6) is 0.702. The van der Waals surface area contributed by atoms with Gasteiger partial charge in [0.1, 0.15) is 6.61 Å². The number of hydrogen-bond donors (Lipinski definition) is 1. The smallest absolute Gasteiger partial charge is 0.162 e. The first-order valence-corrected chi connectivity index (χ1v) is 5.44. The van der Waals surface area contributed by atoms with E-state index in [1.54, 1.807) is 14.2 Å². The molecule has 1 heterocycles. The van der Waals surface area contributed by atoms with Gasteiger partial charge in [-0.1, -0.05) is 5.16 Å². The van der Waals surface area contributed by atoms with E-state index in [1.807, 2.05) is 18.0 Å². The summed E-state index contributed by atoms with van der Waals surface area (Å²) in [5.41, 5.74) is 0.823. The van der Waals surface area contributed by atoms with Crippen molar-refractivity contribution in [3.63, 3.8) is 0 Å². The Labute approximate surface area is 101 Å². The van der Waals surface area contributed by atoms with Crippen LogP contribution < -0.4 is 0 Å². The SMILES string of the molecule is COCc1cc(CN(C)CC(O)COC)no1. The van der Waals surface area contributed by atoms with Crippen molar-refractivity contribution in [3.8, 4) is 0 Å². The molecule has 0 radical (unpaired) electrons. The van der Waals surface area contributed by atoms with Crippen molar-refractivity contribution in [3.05, 3.63) is 17.5 Å². The van der Waals surface area contributed by atoms with Crippen molar-refractivity contribution in [1.82, 2.24) is 10.1 Å². The lowest BCUT2D eigenvalue weighted by Gasteiger charge is -2.18. The van der Waals surface area contributed by atoms with E-state index < -0.39 is 6.10 Å². The van der Waals surface area contributed by atoms with Crippen molar-refractivity contribution >= 4 is 0 Å². The fourth-order valence-electron chi connectivity index (χ4n) is 1.59. The molecule has 0 aliphatic heterocycles. The molecule has 1 atom stereocenters. The minimum Gasteiger partial charge on any atom is -0.389 e. The molecule has 17 heavy (non-hydrogen) atoms. The van der Waals surface area contributed by atoms with E-state index in [1.165, 1.54) is 0 Å². The van der Waals surface area contributed by atoms with E-state index in [9.17, 15) is 5.11 Å². The monoisotopic (exact) mass is 244 g/mol. The number of methoxy groups -OCH3 is 2. The lowest BCUT2D eigenvalue weighted by molar-refractivity contribution is 0.0415. The third-order valence-corrected chi connectivity index (χ3v) is 2.21. The standard InChI is InChI=1S/C11H20N2O4/c1-13(6-10(14)7-15-2)5-9-4-11(8-16-3)17-12-9/h4,10,14H,5-8H2,1-3H3. The number of aliphatic hydroxyl groups is 1. The second-order valence-electron chi connectivity index (χ2n) is 4.02. The zero-order valence-electron chi connectivity index (χ0n) is 10.5. The zero-order chi connectivity index (χ0) is 12.7. The molecule has 6 heteroatoms. The minimum atomic E-state index is -0.490. The van der Waals surface area contributed by atoms with Crippen LogP contribution in [0.4, 0.5) is 0 Å². The van der Waals surface area contributed by atoms with Gasteiger partial charge in [0.05, 0.1) is 18.4 Å². The molecule has 1 N–H and O–H groups in total. The number of aromatic nitrogens is 1. The predicted molar refractivity (Wildman–Crippen MR) is 61.4 cm³/mol. The van der Waals surface area contributed by atoms with Gasteiger partial charge in [-0.2, -0.15) is 0 Å². The normalized spacial score (nSPS) is 13.2. The molecule has 0 bridgehead atoms. The summed E-state index contributed by atoms with van der Waals surface area (Å²) in [5, 5.41) is 13.5. The van der Waals surface area contributed by atoms with Gasteiger partial charge in [0, 0.05) is 33.4 Å². The number of ether oxygens (including phenoxy) is 2. The van der Waals surface area contributed by atoms with Crippen LogP contribution in [-0.4, -0.2) is 55.7 Å². The lowest BCUT2D eigenvalue weighted by atomic mass is 10.3. The van der Waals surface area contributed by atoms with Crippen LogP contribution >= 0.6 is 0 Å². The summed E-state index contributed by atoms with van der Waals surface area (Å²) in [6, 6.07) is 1.85. The summed E-state index contributed by atoms with van der Waals surface area (Å²) in [6.07, 6.45) is -0.490. The van der Waals surface area contributed by atoms with Gasteiger partial charge in [-0.3, -0.25) is 4.90 Å². The van der Waals surface area contributed by atoms with Gasteiger partial charge in [-0.25, -0.2) is 0 Å². The quantitative estimate of drug-likeness (QED) is 0.707. The zero-order valence-corrected chi connectivity index (χ0v) is 10.5. The summed E-state index contributed by atoms with van der Waals surface area (Å²) in [6.45, 7) is 1.90. The second kappa shape index (κ2) is 7.39. The van der Waals surface area contributed by atoms with E-state index in [0.717, 1.165) is 5.69 Å². The summed E-state index contributed by atoms with van der Waals surface area (Å²) < 4.78 is 14.9. The van der Waals surface area contributed by atoms with Gasteiger partial charge in [-0.15, -0.1) is 0 Å². The van der Waals surface area contributed by atoms with E-state index in [4.69, 9.17) is 14.0 Å². The van der Waals surface area contributed by atoms with Crippen molar-refractivity contribution in [2.24, 2.45) is 0 Å². The molecule has 0 amide bonds. The lowest BCUT2D eigenvalue weighted by Crippen LogP contribution is -2.31. The average Bonchev–Trinajstić information content (AvgIpc) is 2.66. The Hall–Kier alpha value is -0.950. The summed E-state index contributed by atoms with van der Waals surface area (Å²) in [7, 11) is 5.08. The number of hydrogen-bond acceptors (Lipinski definition) is 6. The van der Waals surface area contributed by atoms with Gasteiger partial charge in [-0.05, 0) is 7.05 Å². The highest BCUT2D eigenvalue weighted by atomic mass is 16.5. The summed E-state index contributed by atoms with van der Waals surface area (Å²) in [4.78, 5) is 1.96. The van der Waals surface area contributed by atoms with Gasteiger partial charge >= 0.3 is 0 Å². The molecule has 0 aliphatic rings. The molecular weight excluding hydrogens is 224 g/mol. The largest absolute Gasteiger partial charge is 0.389 e. The molecule has 0 saturated carbocycles. The Bertz CT molecular complexity index is 316. The van der Waals surface area contributed by atoms with Crippen molar-refractivity contribution < 1.29 is 19.1 Å². The van der Waals surface area contributed by atoms with Crippen LogP contribution in [0.3, 0.4) is 0 Å². The first-order chi connectivity index (χ1) is 8.15. The van der Waals surface area contributed by atoms with E-state index in [0.29, 0.717) is 32.1 Å². The second-order valence-corrected chi connectivity index (χ2v) is 4.02. The van der Waals surface area contributed by atoms with Crippen LogP contribution in [0, 0.1) is 0 Å². The average molecular weight is 244 g/mol. The topological polar surface area (TPSA) is 68.0 Å². The fourth-order valence-corrected chi connectivity index (χ4v) is 1.59. The van der Waals surface area contributed by atoms with Crippen LogP contribution in [-0.2, 0) is 22.6 Å². The van der Waals surface area contributed by atoms with Crippen LogP contribution in [0.5, 0.6) is 0 Å². The van der Waals surface area contributed by atoms with Crippen molar-refractivity contribution in [1.29, 1.82) is 0 Å². The molecule has 0 aliphatic carbocycles. The molecule has 0 spiro atoms. The molecule has 1 rings (SSSR count). The Kier molecular flexibility index (Phi) is 6.13. The highest BCUT2D eigenvalue weighted by molar-refractivity contribution is 5.04.